The van der Waals surface area contributed by atoms with Gasteiger partial charge in [0, 0.05) is 30.2 Å². The molecule has 2 nitrogen and oxygen atoms in total. The van der Waals surface area contributed by atoms with Crippen molar-refractivity contribution in [1.29, 1.82) is 0 Å². The van der Waals surface area contributed by atoms with Crippen molar-refractivity contribution in [2.45, 2.75) is 52.6 Å². The Kier molecular flexibility index (Phi) is 4.11. The second kappa shape index (κ2) is 6.01. The first-order valence-corrected chi connectivity index (χ1v) is 8.08. The van der Waals surface area contributed by atoms with E-state index in [1.165, 1.54) is 60.8 Å². The van der Waals surface area contributed by atoms with E-state index >= 15 is 0 Å². The number of aryl methyl sites for hydroxylation is 2. The molecular weight excluding hydrogens is 244 g/mol. The lowest BCUT2D eigenvalue weighted by Crippen LogP contribution is -2.23. The van der Waals surface area contributed by atoms with E-state index in [1.54, 1.807) is 0 Å². The highest BCUT2D eigenvalue weighted by Crippen LogP contribution is 2.25. The van der Waals surface area contributed by atoms with Gasteiger partial charge in [0.15, 0.2) is 0 Å². The van der Waals surface area contributed by atoms with Crippen LogP contribution in [0.3, 0.4) is 0 Å². The molecule has 0 unspecified atom stereocenters. The first-order valence-electron chi connectivity index (χ1n) is 8.08. The van der Waals surface area contributed by atoms with Crippen LogP contribution in [0.5, 0.6) is 0 Å². The molecule has 2 heteroatoms. The van der Waals surface area contributed by atoms with E-state index in [9.17, 15) is 0 Å². The van der Waals surface area contributed by atoms with Crippen LogP contribution in [-0.2, 0) is 13.1 Å². The van der Waals surface area contributed by atoms with Crippen LogP contribution in [0, 0.1) is 6.92 Å². The lowest BCUT2D eigenvalue weighted by atomic mass is 10.1. The van der Waals surface area contributed by atoms with Gasteiger partial charge in [-0.1, -0.05) is 24.5 Å². The molecule has 0 atom stereocenters. The van der Waals surface area contributed by atoms with Crippen molar-refractivity contribution in [3.63, 3.8) is 0 Å². The van der Waals surface area contributed by atoms with Gasteiger partial charge in [-0.25, -0.2) is 0 Å². The molecule has 108 valence electrons. The van der Waals surface area contributed by atoms with Gasteiger partial charge in [0.05, 0.1) is 0 Å². The molecule has 2 aromatic rings. The van der Waals surface area contributed by atoms with Gasteiger partial charge in [0.25, 0.3) is 0 Å². The summed E-state index contributed by atoms with van der Waals surface area (Å²) < 4.78 is 2.39. The predicted molar refractivity (Wildman–Crippen MR) is 86.1 cm³/mol. The first kappa shape index (κ1) is 13.7. The lowest BCUT2D eigenvalue weighted by molar-refractivity contribution is 0.278. The molecule has 3 rings (SSSR count). The molecule has 1 aliphatic heterocycles. The highest BCUT2D eigenvalue weighted by atomic mass is 15.1. The maximum atomic E-state index is 2.64. The summed E-state index contributed by atoms with van der Waals surface area (Å²) in [5.74, 6) is 0. The number of likely N-dealkylation sites (tertiary alicyclic amines) is 1. The van der Waals surface area contributed by atoms with Gasteiger partial charge in [-0.15, -0.1) is 0 Å². The third kappa shape index (κ3) is 2.76. The predicted octanol–water partition coefficient (Wildman–Crippen LogP) is 4.35. The second-order valence-electron chi connectivity index (χ2n) is 6.15. The van der Waals surface area contributed by atoms with E-state index < -0.39 is 0 Å². The first-order chi connectivity index (χ1) is 9.78. The maximum Gasteiger partial charge on any atom is 0.0483 e. The van der Waals surface area contributed by atoms with E-state index in [1.807, 2.05) is 0 Å². The average Bonchev–Trinajstić information content (AvgIpc) is 2.63. The molecule has 20 heavy (non-hydrogen) atoms. The van der Waals surface area contributed by atoms with Gasteiger partial charge in [0.2, 0.25) is 0 Å². The number of aromatic nitrogens is 1. The molecule has 1 aliphatic rings. The summed E-state index contributed by atoms with van der Waals surface area (Å²) in [6.45, 7) is 9.13. The Hall–Kier alpha value is -1.28. The van der Waals surface area contributed by atoms with E-state index in [0.29, 0.717) is 0 Å². The fourth-order valence-electron chi connectivity index (χ4n) is 3.41. The highest BCUT2D eigenvalue weighted by molar-refractivity contribution is 5.84. The summed E-state index contributed by atoms with van der Waals surface area (Å²) in [6, 6.07) is 6.86. The second-order valence-corrected chi connectivity index (χ2v) is 6.15. The number of nitrogens with zero attached hydrogens (tertiary/aromatic N) is 2. The van der Waals surface area contributed by atoms with Crippen LogP contribution < -0.4 is 0 Å². The molecule has 1 aromatic heterocycles. The maximum absolute atomic E-state index is 2.64. The molecule has 0 aliphatic carbocycles. The van der Waals surface area contributed by atoms with Gasteiger partial charge in [-0.2, -0.15) is 0 Å². The summed E-state index contributed by atoms with van der Waals surface area (Å²) in [6.07, 6.45) is 7.92. The molecule has 1 fully saturated rings. The van der Waals surface area contributed by atoms with Crippen molar-refractivity contribution >= 4 is 10.9 Å². The Labute approximate surface area is 122 Å². The Morgan fingerprint density at radius 3 is 2.50 bits per heavy atom. The van der Waals surface area contributed by atoms with Crippen LogP contribution >= 0.6 is 0 Å². The number of rotatable bonds is 3. The zero-order valence-corrected chi connectivity index (χ0v) is 12.9. The SMILES string of the molecule is CCn1cc(CN2CCCCCC2)c2cc(C)ccc21. The van der Waals surface area contributed by atoms with E-state index in [-0.39, 0.29) is 0 Å². The molecule has 0 amide bonds. The summed E-state index contributed by atoms with van der Waals surface area (Å²) in [7, 11) is 0. The van der Waals surface area contributed by atoms with Crippen molar-refractivity contribution in [2.24, 2.45) is 0 Å². The van der Waals surface area contributed by atoms with Gasteiger partial charge in [-0.05, 0) is 57.5 Å². The summed E-state index contributed by atoms with van der Waals surface area (Å²) in [5.41, 5.74) is 4.26. The molecule has 0 saturated carbocycles. The molecule has 1 saturated heterocycles. The lowest BCUT2D eigenvalue weighted by Gasteiger charge is -2.19. The van der Waals surface area contributed by atoms with Gasteiger partial charge in [-0.3, -0.25) is 4.90 Å². The highest BCUT2D eigenvalue weighted by Gasteiger charge is 2.13. The average molecular weight is 270 g/mol. The van der Waals surface area contributed by atoms with Crippen LogP contribution in [0.2, 0.25) is 0 Å². The van der Waals surface area contributed by atoms with Crippen LogP contribution in [-0.4, -0.2) is 22.6 Å². The standard InChI is InChI=1S/C18H26N2/c1-3-20-14-16(13-19-10-6-4-5-7-11-19)17-12-15(2)8-9-18(17)20/h8-9,12,14H,3-7,10-11,13H2,1-2H3. The van der Waals surface area contributed by atoms with E-state index in [0.717, 1.165) is 13.1 Å². The number of fused-ring (bicyclic) bond motifs is 1. The molecule has 0 N–H and O–H groups in total. The minimum absolute atomic E-state index is 1.06. The minimum atomic E-state index is 1.06. The monoisotopic (exact) mass is 270 g/mol. The van der Waals surface area contributed by atoms with Crippen LogP contribution in [0.25, 0.3) is 10.9 Å². The van der Waals surface area contributed by atoms with Crippen molar-refractivity contribution < 1.29 is 0 Å². The third-order valence-corrected chi connectivity index (χ3v) is 4.55. The minimum Gasteiger partial charge on any atom is -0.347 e. The topological polar surface area (TPSA) is 8.17 Å². The molecule has 0 radical (unpaired) electrons. The number of hydrogen-bond acceptors (Lipinski definition) is 1. The molecule has 0 spiro atoms. The Bertz CT molecular complexity index is 574. The van der Waals surface area contributed by atoms with Crippen molar-refractivity contribution in [2.75, 3.05) is 13.1 Å². The van der Waals surface area contributed by atoms with Gasteiger partial charge >= 0.3 is 0 Å². The fraction of sp³-hybridized carbons (Fsp3) is 0.556. The Morgan fingerprint density at radius 2 is 1.80 bits per heavy atom. The van der Waals surface area contributed by atoms with Crippen LogP contribution in [0.15, 0.2) is 24.4 Å². The van der Waals surface area contributed by atoms with Crippen molar-refractivity contribution in [3.8, 4) is 0 Å². The summed E-state index contributed by atoms with van der Waals surface area (Å²) in [5, 5.41) is 1.45. The third-order valence-electron chi connectivity index (χ3n) is 4.55. The van der Waals surface area contributed by atoms with Crippen molar-refractivity contribution in [3.05, 3.63) is 35.5 Å². The van der Waals surface area contributed by atoms with Crippen LogP contribution in [0.1, 0.15) is 43.7 Å². The fourth-order valence-corrected chi connectivity index (χ4v) is 3.41. The van der Waals surface area contributed by atoms with Gasteiger partial charge in [0.1, 0.15) is 0 Å². The Morgan fingerprint density at radius 1 is 1.05 bits per heavy atom. The van der Waals surface area contributed by atoms with Crippen molar-refractivity contribution in [1.82, 2.24) is 9.47 Å². The normalized spacial score (nSPS) is 17.5. The zero-order chi connectivity index (χ0) is 13.9. The summed E-state index contributed by atoms with van der Waals surface area (Å²) in [4.78, 5) is 2.64. The quantitative estimate of drug-likeness (QED) is 0.805. The Balaban J connectivity index is 1.91. The molecular formula is C18H26N2. The molecule has 0 bridgehead atoms. The summed E-state index contributed by atoms with van der Waals surface area (Å²) >= 11 is 0. The largest absolute Gasteiger partial charge is 0.347 e. The van der Waals surface area contributed by atoms with E-state index in [4.69, 9.17) is 0 Å². The number of hydrogen-bond donors (Lipinski definition) is 0. The smallest absolute Gasteiger partial charge is 0.0483 e. The molecule has 2 heterocycles. The van der Waals surface area contributed by atoms with E-state index in [2.05, 4.69) is 47.7 Å². The van der Waals surface area contributed by atoms with Crippen LogP contribution in [0.4, 0.5) is 0 Å². The molecule has 1 aromatic carbocycles. The van der Waals surface area contributed by atoms with Gasteiger partial charge < -0.3 is 4.57 Å². The number of benzene rings is 1. The zero-order valence-electron chi connectivity index (χ0n) is 12.9.